The average Bonchev–Trinajstić information content (AvgIpc) is 2.94. The Morgan fingerprint density at radius 1 is 1.57 bits per heavy atom. The number of nitrogens with one attached hydrogen (secondary N) is 1. The average molecular weight is 313 g/mol. The molecule has 0 bridgehead atoms. The third-order valence-corrected chi connectivity index (χ3v) is 4.22. The fourth-order valence-corrected chi connectivity index (χ4v) is 2.90. The van der Waals surface area contributed by atoms with Gasteiger partial charge in [0, 0.05) is 18.7 Å². The van der Waals surface area contributed by atoms with E-state index in [-0.39, 0.29) is 16.7 Å². The summed E-state index contributed by atoms with van der Waals surface area (Å²) in [5, 5.41) is 12.6. The molecule has 2 rings (SSSR count). The number of amides is 1. The summed E-state index contributed by atoms with van der Waals surface area (Å²) >= 11 is 5.87. The maximum atomic E-state index is 12.3. The van der Waals surface area contributed by atoms with E-state index in [9.17, 15) is 9.90 Å². The first-order chi connectivity index (χ1) is 10.1. The van der Waals surface area contributed by atoms with Crippen LogP contribution in [0.3, 0.4) is 0 Å². The largest absolute Gasteiger partial charge is 0.506 e. The van der Waals surface area contributed by atoms with Gasteiger partial charge in [-0.1, -0.05) is 18.5 Å². The standard InChI is InChI=1S/C15H21ClN2O3/c1-3-18-6-4-5-10(18)9-17-15(20)11-7-12(16)13(19)8-14(11)21-2/h7-8,10,19H,3-6,9H2,1-2H3,(H,17,20)/t10-/m1/s1. The summed E-state index contributed by atoms with van der Waals surface area (Å²) in [6.45, 7) is 4.82. The Kier molecular flexibility index (Phi) is 5.31. The molecule has 1 heterocycles. The lowest BCUT2D eigenvalue weighted by Gasteiger charge is -2.23. The van der Waals surface area contributed by atoms with Gasteiger partial charge in [0.05, 0.1) is 17.7 Å². The summed E-state index contributed by atoms with van der Waals surface area (Å²) in [7, 11) is 1.45. The van der Waals surface area contributed by atoms with Crippen LogP contribution >= 0.6 is 11.6 Å². The minimum atomic E-state index is -0.239. The molecule has 1 aliphatic rings. The maximum Gasteiger partial charge on any atom is 0.255 e. The lowest BCUT2D eigenvalue weighted by atomic mass is 10.1. The van der Waals surface area contributed by atoms with Crippen molar-refractivity contribution in [1.29, 1.82) is 0 Å². The predicted octanol–water partition coefficient (Wildman–Crippen LogP) is 2.27. The van der Waals surface area contributed by atoms with Gasteiger partial charge in [0.25, 0.3) is 5.91 Å². The molecule has 2 N–H and O–H groups in total. The number of methoxy groups -OCH3 is 1. The van der Waals surface area contributed by atoms with Gasteiger partial charge in [-0.3, -0.25) is 9.69 Å². The molecule has 0 aromatic heterocycles. The highest BCUT2D eigenvalue weighted by atomic mass is 35.5. The Balaban J connectivity index is 2.05. The molecule has 0 aliphatic carbocycles. The summed E-state index contributed by atoms with van der Waals surface area (Å²) in [5.74, 6) is -0.0251. The zero-order valence-electron chi connectivity index (χ0n) is 12.4. The van der Waals surface area contributed by atoms with E-state index in [2.05, 4.69) is 17.1 Å². The molecule has 0 unspecified atom stereocenters. The SMILES string of the molecule is CCN1CCC[C@@H]1CNC(=O)c1cc(Cl)c(O)cc1OC. The second kappa shape index (κ2) is 7.00. The molecule has 0 saturated carbocycles. The van der Waals surface area contributed by atoms with Crippen molar-refractivity contribution in [3.05, 3.63) is 22.7 Å². The number of likely N-dealkylation sites (N-methyl/N-ethyl adjacent to an activating group) is 1. The van der Waals surface area contributed by atoms with Gasteiger partial charge in [-0.25, -0.2) is 0 Å². The van der Waals surface area contributed by atoms with Gasteiger partial charge in [0.15, 0.2) is 0 Å². The number of carbonyl (C=O) groups excluding carboxylic acids is 1. The second-order valence-corrected chi connectivity index (χ2v) is 5.55. The molecule has 5 nitrogen and oxygen atoms in total. The third kappa shape index (κ3) is 3.60. The Labute approximate surface area is 129 Å². The quantitative estimate of drug-likeness (QED) is 0.875. The molecule has 1 fully saturated rings. The van der Waals surface area contributed by atoms with Gasteiger partial charge in [-0.2, -0.15) is 0 Å². The van der Waals surface area contributed by atoms with E-state index in [0.717, 1.165) is 19.5 Å². The van der Waals surface area contributed by atoms with E-state index in [1.54, 1.807) is 0 Å². The van der Waals surface area contributed by atoms with Crippen LogP contribution in [-0.4, -0.2) is 48.7 Å². The van der Waals surface area contributed by atoms with Crippen molar-refractivity contribution in [2.24, 2.45) is 0 Å². The molecule has 1 saturated heterocycles. The van der Waals surface area contributed by atoms with Crippen LogP contribution in [0.5, 0.6) is 11.5 Å². The number of halogens is 1. The summed E-state index contributed by atoms with van der Waals surface area (Å²) in [4.78, 5) is 14.7. The van der Waals surface area contributed by atoms with Gasteiger partial charge in [0.2, 0.25) is 0 Å². The summed E-state index contributed by atoms with van der Waals surface area (Å²) in [6.07, 6.45) is 2.27. The van der Waals surface area contributed by atoms with Crippen LogP contribution in [0.4, 0.5) is 0 Å². The molecule has 21 heavy (non-hydrogen) atoms. The Morgan fingerprint density at radius 3 is 3.00 bits per heavy atom. The van der Waals surface area contributed by atoms with Crippen LogP contribution in [-0.2, 0) is 0 Å². The van der Waals surface area contributed by atoms with Gasteiger partial charge in [-0.05, 0) is 32.0 Å². The van der Waals surface area contributed by atoms with Crippen molar-refractivity contribution in [2.75, 3.05) is 26.7 Å². The van der Waals surface area contributed by atoms with Crippen LogP contribution in [0.25, 0.3) is 0 Å². The molecule has 0 radical (unpaired) electrons. The molecular weight excluding hydrogens is 292 g/mol. The van der Waals surface area contributed by atoms with Crippen molar-refractivity contribution in [3.8, 4) is 11.5 Å². The molecule has 1 amide bonds. The highest BCUT2D eigenvalue weighted by Crippen LogP contribution is 2.31. The van der Waals surface area contributed by atoms with Gasteiger partial charge < -0.3 is 15.2 Å². The Bertz CT molecular complexity index is 522. The first-order valence-electron chi connectivity index (χ1n) is 7.15. The summed E-state index contributed by atoms with van der Waals surface area (Å²) in [5.41, 5.74) is 0.335. The second-order valence-electron chi connectivity index (χ2n) is 5.14. The molecule has 0 spiro atoms. The molecular formula is C15H21ClN2O3. The van der Waals surface area contributed by atoms with Crippen LogP contribution in [0.2, 0.25) is 5.02 Å². The number of likely N-dealkylation sites (tertiary alicyclic amines) is 1. The van der Waals surface area contributed by atoms with E-state index < -0.39 is 0 Å². The summed E-state index contributed by atoms with van der Waals surface area (Å²) in [6, 6.07) is 3.17. The number of phenols is 1. The zero-order valence-corrected chi connectivity index (χ0v) is 13.1. The number of aromatic hydroxyl groups is 1. The molecule has 1 aliphatic heterocycles. The third-order valence-electron chi connectivity index (χ3n) is 3.92. The Hall–Kier alpha value is -1.46. The van der Waals surface area contributed by atoms with Crippen LogP contribution < -0.4 is 10.1 Å². The number of ether oxygens (including phenoxy) is 1. The maximum absolute atomic E-state index is 12.3. The van der Waals surface area contributed by atoms with Crippen molar-refractivity contribution < 1.29 is 14.6 Å². The van der Waals surface area contributed by atoms with Crippen LogP contribution in [0.1, 0.15) is 30.1 Å². The highest BCUT2D eigenvalue weighted by molar-refractivity contribution is 6.32. The summed E-state index contributed by atoms with van der Waals surface area (Å²) < 4.78 is 5.13. The van der Waals surface area contributed by atoms with Crippen molar-refractivity contribution >= 4 is 17.5 Å². The topological polar surface area (TPSA) is 61.8 Å². The smallest absolute Gasteiger partial charge is 0.255 e. The van der Waals surface area contributed by atoms with Gasteiger partial charge in [0.1, 0.15) is 11.5 Å². The first-order valence-corrected chi connectivity index (χ1v) is 7.53. The molecule has 6 heteroatoms. The molecule has 1 aromatic rings. The fraction of sp³-hybridized carbons (Fsp3) is 0.533. The number of rotatable bonds is 5. The van der Waals surface area contributed by atoms with E-state index in [0.29, 0.717) is 23.9 Å². The van der Waals surface area contributed by atoms with Crippen LogP contribution in [0, 0.1) is 0 Å². The predicted molar refractivity (Wildman–Crippen MR) is 82.3 cm³/mol. The lowest BCUT2D eigenvalue weighted by molar-refractivity contribution is 0.0938. The number of hydrogen-bond acceptors (Lipinski definition) is 4. The van der Waals surface area contributed by atoms with E-state index in [1.165, 1.54) is 25.7 Å². The number of hydrogen-bond donors (Lipinski definition) is 2. The molecule has 116 valence electrons. The first kappa shape index (κ1) is 15.9. The number of phenolic OH excluding ortho intramolecular Hbond substituents is 1. The van der Waals surface area contributed by atoms with Gasteiger partial charge >= 0.3 is 0 Å². The number of carbonyl (C=O) groups is 1. The fourth-order valence-electron chi connectivity index (χ4n) is 2.74. The van der Waals surface area contributed by atoms with Crippen molar-refractivity contribution in [2.45, 2.75) is 25.8 Å². The minimum absolute atomic E-state index is 0.0991. The lowest BCUT2D eigenvalue weighted by Crippen LogP contribution is -2.40. The van der Waals surface area contributed by atoms with Crippen LogP contribution in [0.15, 0.2) is 12.1 Å². The normalized spacial score (nSPS) is 18.7. The monoisotopic (exact) mass is 312 g/mol. The number of nitrogens with zero attached hydrogens (tertiary/aromatic N) is 1. The van der Waals surface area contributed by atoms with E-state index >= 15 is 0 Å². The Morgan fingerprint density at radius 2 is 2.33 bits per heavy atom. The molecule has 1 aromatic carbocycles. The highest BCUT2D eigenvalue weighted by Gasteiger charge is 2.24. The van der Waals surface area contributed by atoms with E-state index in [1.807, 2.05) is 0 Å². The molecule has 1 atom stereocenters. The van der Waals surface area contributed by atoms with Crippen molar-refractivity contribution in [3.63, 3.8) is 0 Å². The van der Waals surface area contributed by atoms with E-state index in [4.69, 9.17) is 16.3 Å². The van der Waals surface area contributed by atoms with Gasteiger partial charge in [-0.15, -0.1) is 0 Å². The number of benzene rings is 1. The minimum Gasteiger partial charge on any atom is -0.506 e. The zero-order chi connectivity index (χ0) is 15.4. The van der Waals surface area contributed by atoms with Crippen molar-refractivity contribution in [1.82, 2.24) is 10.2 Å².